The Kier molecular flexibility index (Phi) is 3.62. The summed E-state index contributed by atoms with van der Waals surface area (Å²) in [6.07, 6.45) is -0.493. The highest BCUT2D eigenvalue weighted by Gasteiger charge is 2.23. The van der Waals surface area contributed by atoms with Crippen LogP contribution in [0.25, 0.3) is 0 Å². The van der Waals surface area contributed by atoms with E-state index in [1.54, 1.807) is 6.07 Å². The second-order valence-corrected chi connectivity index (χ2v) is 5.70. The molecule has 78 valence electrons. The van der Waals surface area contributed by atoms with Gasteiger partial charge in [0, 0.05) is 4.47 Å². The zero-order valence-corrected chi connectivity index (χ0v) is 10.9. The first-order chi connectivity index (χ1) is 6.32. The molecule has 0 saturated carbocycles. The van der Waals surface area contributed by atoms with Crippen LogP contribution in [0, 0.1) is 5.41 Å². The predicted molar refractivity (Wildman–Crippen MR) is 63.6 cm³/mol. The SMILES string of the molecule is CC(C)(C)C(O)c1ccc(Br)c(Cl)c1. The summed E-state index contributed by atoms with van der Waals surface area (Å²) in [7, 11) is 0. The molecule has 1 nitrogen and oxygen atoms in total. The Labute approximate surface area is 98.2 Å². The Balaban J connectivity index is 3.03. The third kappa shape index (κ3) is 2.72. The van der Waals surface area contributed by atoms with Crippen LogP contribution in [0.4, 0.5) is 0 Å². The largest absolute Gasteiger partial charge is 0.388 e. The molecule has 0 spiro atoms. The van der Waals surface area contributed by atoms with Gasteiger partial charge in [-0.05, 0) is 39.0 Å². The maximum Gasteiger partial charge on any atom is 0.0838 e. The monoisotopic (exact) mass is 276 g/mol. The molecule has 0 saturated heterocycles. The lowest BCUT2D eigenvalue weighted by molar-refractivity contribution is 0.0627. The van der Waals surface area contributed by atoms with Crippen molar-refractivity contribution in [1.29, 1.82) is 0 Å². The van der Waals surface area contributed by atoms with E-state index in [-0.39, 0.29) is 5.41 Å². The normalized spacial score (nSPS) is 14.1. The average Bonchev–Trinajstić information content (AvgIpc) is 2.07. The van der Waals surface area contributed by atoms with Gasteiger partial charge in [0.25, 0.3) is 0 Å². The topological polar surface area (TPSA) is 20.2 Å². The second-order valence-electron chi connectivity index (χ2n) is 4.44. The van der Waals surface area contributed by atoms with Crippen LogP contribution in [0.15, 0.2) is 22.7 Å². The summed E-state index contributed by atoms with van der Waals surface area (Å²) in [4.78, 5) is 0. The van der Waals surface area contributed by atoms with Crippen molar-refractivity contribution in [3.8, 4) is 0 Å². The predicted octanol–water partition coefficient (Wildman–Crippen LogP) is 4.18. The fourth-order valence-electron chi connectivity index (χ4n) is 1.18. The quantitative estimate of drug-likeness (QED) is 0.816. The molecule has 0 amide bonds. The van der Waals surface area contributed by atoms with Crippen LogP contribution < -0.4 is 0 Å². The van der Waals surface area contributed by atoms with Gasteiger partial charge in [-0.15, -0.1) is 0 Å². The molecular weight excluding hydrogens is 263 g/mol. The lowest BCUT2D eigenvalue weighted by Gasteiger charge is -2.26. The molecule has 0 bridgehead atoms. The summed E-state index contributed by atoms with van der Waals surface area (Å²) in [5.74, 6) is 0. The lowest BCUT2D eigenvalue weighted by atomic mass is 9.85. The fourth-order valence-corrected chi connectivity index (χ4v) is 1.62. The summed E-state index contributed by atoms with van der Waals surface area (Å²) in [6, 6.07) is 5.53. The fraction of sp³-hybridized carbons (Fsp3) is 0.455. The van der Waals surface area contributed by atoms with Crippen molar-refractivity contribution in [2.75, 3.05) is 0 Å². The number of hydrogen-bond donors (Lipinski definition) is 1. The molecule has 3 heteroatoms. The summed E-state index contributed by atoms with van der Waals surface area (Å²) < 4.78 is 0.851. The summed E-state index contributed by atoms with van der Waals surface area (Å²) in [5, 5.41) is 10.6. The maximum atomic E-state index is 10.00. The van der Waals surface area contributed by atoms with Gasteiger partial charge in [0.15, 0.2) is 0 Å². The van der Waals surface area contributed by atoms with Crippen molar-refractivity contribution in [3.05, 3.63) is 33.3 Å². The van der Waals surface area contributed by atoms with Gasteiger partial charge >= 0.3 is 0 Å². The van der Waals surface area contributed by atoms with E-state index in [2.05, 4.69) is 15.9 Å². The van der Waals surface area contributed by atoms with Gasteiger partial charge < -0.3 is 5.11 Å². The van der Waals surface area contributed by atoms with Crippen LogP contribution in [0.3, 0.4) is 0 Å². The zero-order chi connectivity index (χ0) is 10.9. The third-order valence-corrected chi connectivity index (χ3v) is 3.31. The van der Waals surface area contributed by atoms with E-state index >= 15 is 0 Å². The molecule has 0 aliphatic carbocycles. The molecule has 1 N–H and O–H groups in total. The van der Waals surface area contributed by atoms with Crippen molar-refractivity contribution >= 4 is 27.5 Å². The van der Waals surface area contributed by atoms with Crippen molar-refractivity contribution in [1.82, 2.24) is 0 Å². The van der Waals surface area contributed by atoms with Gasteiger partial charge in [0.1, 0.15) is 0 Å². The lowest BCUT2D eigenvalue weighted by Crippen LogP contribution is -2.17. The maximum absolute atomic E-state index is 10.00. The number of benzene rings is 1. The highest BCUT2D eigenvalue weighted by atomic mass is 79.9. The highest BCUT2D eigenvalue weighted by molar-refractivity contribution is 9.10. The molecule has 14 heavy (non-hydrogen) atoms. The second kappa shape index (κ2) is 4.21. The summed E-state index contributed by atoms with van der Waals surface area (Å²) in [6.45, 7) is 5.98. The standard InChI is InChI=1S/C11H14BrClO/c1-11(2,3)10(14)7-4-5-8(12)9(13)6-7/h4-6,10,14H,1-3H3. The first kappa shape index (κ1) is 12.0. The summed E-state index contributed by atoms with van der Waals surface area (Å²) >= 11 is 9.27. The van der Waals surface area contributed by atoms with Crippen LogP contribution in [0.1, 0.15) is 32.4 Å². The first-order valence-electron chi connectivity index (χ1n) is 4.45. The third-order valence-electron chi connectivity index (χ3n) is 2.08. The first-order valence-corrected chi connectivity index (χ1v) is 5.62. The Hall–Kier alpha value is -0.0500. The Morgan fingerprint density at radius 1 is 1.36 bits per heavy atom. The minimum Gasteiger partial charge on any atom is -0.388 e. The zero-order valence-electron chi connectivity index (χ0n) is 8.51. The van der Waals surface area contributed by atoms with Gasteiger partial charge in [0.2, 0.25) is 0 Å². The molecule has 0 aliphatic rings. The molecule has 0 heterocycles. The molecule has 1 rings (SSSR count). The number of aliphatic hydroxyl groups is 1. The molecule has 0 radical (unpaired) electrons. The molecule has 0 aliphatic heterocycles. The van der Waals surface area contributed by atoms with Gasteiger partial charge in [-0.25, -0.2) is 0 Å². The molecule has 0 aromatic heterocycles. The van der Waals surface area contributed by atoms with Crippen LogP contribution in [-0.2, 0) is 0 Å². The Bertz CT molecular complexity index is 331. The molecular formula is C11H14BrClO. The number of rotatable bonds is 1. The molecule has 0 fully saturated rings. The van der Waals surface area contributed by atoms with Gasteiger partial charge in [-0.3, -0.25) is 0 Å². The van der Waals surface area contributed by atoms with Crippen LogP contribution in [-0.4, -0.2) is 5.11 Å². The molecule has 1 aromatic carbocycles. The van der Waals surface area contributed by atoms with Gasteiger partial charge in [-0.1, -0.05) is 38.4 Å². The van der Waals surface area contributed by atoms with E-state index < -0.39 is 6.10 Å². The van der Waals surface area contributed by atoms with Crippen molar-refractivity contribution < 1.29 is 5.11 Å². The number of halogens is 2. The summed E-state index contributed by atoms with van der Waals surface area (Å²) in [5.41, 5.74) is 0.683. The van der Waals surface area contributed by atoms with Crippen molar-refractivity contribution in [2.45, 2.75) is 26.9 Å². The van der Waals surface area contributed by atoms with E-state index in [1.807, 2.05) is 32.9 Å². The number of hydrogen-bond acceptors (Lipinski definition) is 1. The van der Waals surface area contributed by atoms with Crippen LogP contribution in [0.2, 0.25) is 5.02 Å². The molecule has 1 unspecified atom stereocenters. The molecule has 1 aromatic rings. The Morgan fingerprint density at radius 2 is 1.93 bits per heavy atom. The minimum atomic E-state index is -0.493. The van der Waals surface area contributed by atoms with Crippen LogP contribution in [0.5, 0.6) is 0 Å². The van der Waals surface area contributed by atoms with E-state index in [0.717, 1.165) is 10.0 Å². The minimum absolute atomic E-state index is 0.169. The van der Waals surface area contributed by atoms with E-state index in [4.69, 9.17) is 11.6 Å². The number of aliphatic hydroxyl groups excluding tert-OH is 1. The van der Waals surface area contributed by atoms with Gasteiger partial charge in [-0.2, -0.15) is 0 Å². The van der Waals surface area contributed by atoms with Crippen LogP contribution >= 0.6 is 27.5 Å². The van der Waals surface area contributed by atoms with Crippen molar-refractivity contribution in [3.63, 3.8) is 0 Å². The van der Waals surface area contributed by atoms with E-state index in [1.165, 1.54) is 0 Å². The van der Waals surface area contributed by atoms with Gasteiger partial charge in [0.05, 0.1) is 11.1 Å². The van der Waals surface area contributed by atoms with Crippen molar-refractivity contribution in [2.24, 2.45) is 5.41 Å². The molecule has 1 atom stereocenters. The van der Waals surface area contributed by atoms with E-state index in [0.29, 0.717) is 5.02 Å². The van der Waals surface area contributed by atoms with E-state index in [9.17, 15) is 5.11 Å². The highest BCUT2D eigenvalue weighted by Crippen LogP contribution is 2.35. The smallest absolute Gasteiger partial charge is 0.0838 e. The average molecular weight is 278 g/mol. The Morgan fingerprint density at radius 3 is 2.36 bits per heavy atom.